The second kappa shape index (κ2) is 10.1. The van der Waals surface area contributed by atoms with Gasteiger partial charge >= 0.3 is 6.18 Å². The summed E-state index contributed by atoms with van der Waals surface area (Å²) in [7, 11) is 0. The molecule has 2 aliphatic heterocycles. The molecule has 200 valence electrons. The summed E-state index contributed by atoms with van der Waals surface area (Å²) < 4.78 is 45.0. The van der Waals surface area contributed by atoms with E-state index in [1.165, 1.54) is 24.5 Å². The first-order valence-corrected chi connectivity index (χ1v) is 11.9. The fourth-order valence-electron chi connectivity index (χ4n) is 4.64. The summed E-state index contributed by atoms with van der Waals surface area (Å²) in [5.41, 5.74) is 1.02. The number of rotatable bonds is 7. The Kier molecular flexibility index (Phi) is 6.80. The number of hydrogen-bond donors (Lipinski definition) is 4. The molecule has 1 aromatic carbocycles. The fraction of sp³-hybridized carbons (Fsp3) is 0.360. The Morgan fingerprint density at radius 1 is 1.29 bits per heavy atom. The van der Waals surface area contributed by atoms with Crippen molar-refractivity contribution in [2.75, 3.05) is 35.3 Å². The molecule has 0 saturated carbocycles. The second-order valence-electron chi connectivity index (χ2n) is 9.20. The normalized spacial score (nSPS) is 18.9. The van der Waals surface area contributed by atoms with Gasteiger partial charge in [-0.3, -0.25) is 9.78 Å². The summed E-state index contributed by atoms with van der Waals surface area (Å²) in [6, 6.07) is 5.80. The lowest BCUT2D eigenvalue weighted by molar-refractivity contribution is -0.137. The van der Waals surface area contributed by atoms with Gasteiger partial charge in [-0.25, -0.2) is 9.97 Å². The molecule has 2 bridgehead atoms. The molecule has 1 fully saturated rings. The maximum atomic E-state index is 13.3. The van der Waals surface area contributed by atoms with Crippen molar-refractivity contribution in [2.24, 2.45) is 0 Å². The van der Waals surface area contributed by atoms with Crippen LogP contribution in [0.1, 0.15) is 17.7 Å². The number of pyridine rings is 1. The number of hydrogen-bond acceptors (Lipinski definition) is 9. The van der Waals surface area contributed by atoms with Crippen molar-refractivity contribution in [3.63, 3.8) is 0 Å². The average Bonchev–Trinajstić information content (AvgIpc) is 3.23. The smallest absolute Gasteiger partial charge is 0.416 e. The number of aryl methyl sites for hydroxylation is 1. The molecule has 10 nitrogen and oxygen atoms in total. The number of carbonyl (C=O) groups excluding carboxylic acids is 1. The Labute approximate surface area is 215 Å². The van der Waals surface area contributed by atoms with Crippen LogP contribution >= 0.6 is 0 Å². The summed E-state index contributed by atoms with van der Waals surface area (Å²) in [6.45, 7) is 1.71. The van der Waals surface area contributed by atoms with Crippen molar-refractivity contribution < 1.29 is 32.9 Å². The number of halogens is 3. The largest absolute Gasteiger partial charge is 0.489 e. The summed E-state index contributed by atoms with van der Waals surface area (Å²) in [5, 5.41) is 24.5. The first-order chi connectivity index (χ1) is 18.1. The number of aliphatic hydroxyl groups is 2. The minimum atomic E-state index is -4.48. The topological polar surface area (TPSA) is 133 Å². The average molecular weight is 531 g/mol. The lowest BCUT2D eigenvalue weighted by Gasteiger charge is -2.31. The predicted molar refractivity (Wildman–Crippen MR) is 132 cm³/mol. The van der Waals surface area contributed by atoms with Crippen molar-refractivity contribution in [1.82, 2.24) is 15.0 Å². The van der Waals surface area contributed by atoms with Gasteiger partial charge in [-0.05, 0) is 25.5 Å². The molecule has 2 aliphatic rings. The SMILES string of the molecule is Cc1nc(-c2cccc(C(F)(F)F)c2)nc2c1N1C[C@H](CC1C(=O)Nc1cncc(OC[C@H](O)CO)c1)N2. The molecule has 5 rings (SSSR count). The fourth-order valence-corrected chi connectivity index (χ4v) is 4.64. The van der Waals surface area contributed by atoms with Gasteiger partial charge in [0.1, 0.15) is 30.2 Å². The van der Waals surface area contributed by atoms with Crippen LogP contribution in [-0.4, -0.2) is 69.0 Å². The molecule has 2 aromatic heterocycles. The van der Waals surface area contributed by atoms with Gasteiger partial charge in [0.05, 0.1) is 35.9 Å². The third-order valence-corrected chi connectivity index (χ3v) is 6.37. The monoisotopic (exact) mass is 530 g/mol. The number of nitrogens with zero attached hydrogens (tertiary/aromatic N) is 4. The van der Waals surface area contributed by atoms with Crippen molar-refractivity contribution in [3.05, 3.63) is 54.0 Å². The van der Waals surface area contributed by atoms with Crippen LogP contribution in [0.15, 0.2) is 42.7 Å². The Bertz CT molecular complexity index is 1350. The van der Waals surface area contributed by atoms with Gasteiger partial charge in [0.2, 0.25) is 5.91 Å². The number of amides is 1. The minimum Gasteiger partial charge on any atom is -0.489 e. The number of anilines is 3. The summed E-state index contributed by atoms with van der Waals surface area (Å²) in [6.07, 6.45) is -2.15. The van der Waals surface area contributed by atoms with Gasteiger partial charge in [0.15, 0.2) is 11.6 Å². The number of alkyl halides is 3. The van der Waals surface area contributed by atoms with Gasteiger partial charge in [-0.15, -0.1) is 0 Å². The zero-order valence-electron chi connectivity index (χ0n) is 20.2. The van der Waals surface area contributed by atoms with Gasteiger partial charge < -0.3 is 30.5 Å². The first kappa shape index (κ1) is 25.7. The number of fused-ring (bicyclic) bond motifs is 4. The van der Waals surface area contributed by atoms with Crippen LogP contribution in [0.5, 0.6) is 5.75 Å². The molecular weight excluding hydrogens is 505 g/mol. The highest BCUT2D eigenvalue weighted by molar-refractivity contribution is 5.98. The highest BCUT2D eigenvalue weighted by atomic mass is 19.4. The van der Waals surface area contributed by atoms with Gasteiger partial charge in [-0.1, -0.05) is 12.1 Å². The van der Waals surface area contributed by atoms with E-state index in [9.17, 15) is 23.1 Å². The number of carbonyl (C=O) groups is 1. The number of nitrogens with one attached hydrogen (secondary N) is 2. The number of benzene rings is 1. The molecule has 4 heterocycles. The van der Waals surface area contributed by atoms with Crippen LogP contribution < -0.4 is 20.3 Å². The zero-order valence-corrected chi connectivity index (χ0v) is 20.2. The molecule has 0 radical (unpaired) electrons. The van der Waals surface area contributed by atoms with Crippen LogP contribution in [0.4, 0.5) is 30.4 Å². The van der Waals surface area contributed by atoms with E-state index in [1.54, 1.807) is 13.0 Å². The predicted octanol–water partition coefficient (Wildman–Crippen LogP) is 2.61. The molecule has 4 N–H and O–H groups in total. The summed E-state index contributed by atoms with van der Waals surface area (Å²) >= 11 is 0. The highest BCUT2D eigenvalue weighted by Gasteiger charge is 2.43. The van der Waals surface area contributed by atoms with Crippen molar-refractivity contribution in [2.45, 2.75) is 37.7 Å². The van der Waals surface area contributed by atoms with E-state index in [1.807, 2.05) is 4.90 Å². The lowest BCUT2D eigenvalue weighted by atomic mass is 10.1. The molecule has 1 amide bonds. The third-order valence-electron chi connectivity index (χ3n) is 6.37. The standard InChI is InChI=1S/C25H25F3N6O4/c1-13-21-23(33-22(30-13)14-3-2-4-15(5-14)25(26,27)28)31-17-7-20(34(21)10-17)24(37)32-16-6-19(9-29-8-16)38-12-18(36)11-35/h2-6,8-9,17-18,20,35-36H,7,10-12H2,1H3,(H,32,37)(H,30,31,33)/t17-,18+,20?/m0/s1. The van der Waals surface area contributed by atoms with E-state index in [0.29, 0.717) is 41.6 Å². The number of aromatic nitrogens is 3. The van der Waals surface area contributed by atoms with Crippen molar-refractivity contribution >= 4 is 23.1 Å². The third kappa shape index (κ3) is 5.20. The lowest BCUT2D eigenvalue weighted by Crippen LogP contribution is -2.41. The van der Waals surface area contributed by atoms with E-state index in [0.717, 1.165) is 12.1 Å². The summed E-state index contributed by atoms with van der Waals surface area (Å²) in [4.78, 5) is 28.2. The molecule has 3 atom stereocenters. The molecule has 0 aliphatic carbocycles. The Balaban J connectivity index is 1.35. The Hall–Kier alpha value is -3.97. The van der Waals surface area contributed by atoms with Crippen LogP contribution in [0.25, 0.3) is 11.4 Å². The molecule has 1 saturated heterocycles. The van der Waals surface area contributed by atoms with Crippen LogP contribution in [0.3, 0.4) is 0 Å². The zero-order chi connectivity index (χ0) is 27.0. The van der Waals surface area contributed by atoms with E-state index in [-0.39, 0.29) is 29.9 Å². The maximum absolute atomic E-state index is 13.3. The minimum absolute atomic E-state index is 0.0883. The quantitative estimate of drug-likeness (QED) is 0.364. The van der Waals surface area contributed by atoms with Crippen molar-refractivity contribution in [3.8, 4) is 17.1 Å². The molecular formula is C25H25F3N6O4. The van der Waals surface area contributed by atoms with Crippen LogP contribution in [0.2, 0.25) is 0 Å². The van der Waals surface area contributed by atoms with E-state index in [2.05, 4.69) is 25.6 Å². The number of ether oxygens (including phenoxy) is 1. The van der Waals surface area contributed by atoms with Crippen LogP contribution in [-0.2, 0) is 11.0 Å². The van der Waals surface area contributed by atoms with Gasteiger partial charge in [0, 0.05) is 24.2 Å². The molecule has 38 heavy (non-hydrogen) atoms. The second-order valence-corrected chi connectivity index (χ2v) is 9.20. The Morgan fingerprint density at radius 3 is 2.87 bits per heavy atom. The van der Waals surface area contributed by atoms with E-state index in [4.69, 9.17) is 9.84 Å². The van der Waals surface area contributed by atoms with Crippen LogP contribution in [0, 0.1) is 6.92 Å². The highest BCUT2D eigenvalue weighted by Crippen LogP contribution is 2.41. The number of aliphatic hydroxyl groups excluding tert-OH is 2. The van der Waals surface area contributed by atoms with Gasteiger partial charge in [-0.2, -0.15) is 13.2 Å². The summed E-state index contributed by atoms with van der Waals surface area (Å²) in [5.74, 6) is 0.672. The molecule has 13 heteroatoms. The Morgan fingerprint density at radius 2 is 2.11 bits per heavy atom. The van der Waals surface area contributed by atoms with Crippen molar-refractivity contribution in [1.29, 1.82) is 0 Å². The molecule has 0 spiro atoms. The first-order valence-electron chi connectivity index (χ1n) is 11.9. The van der Waals surface area contributed by atoms with E-state index >= 15 is 0 Å². The molecule has 3 aromatic rings. The van der Waals surface area contributed by atoms with E-state index < -0.39 is 30.5 Å². The maximum Gasteiger partial charge on any atom is 0.416 e. The molecule has 1 unspecified atom stereocenters. The van der Waals surface area contributed by atoms with Gasteiger partial charge in [0.25, 0.3) is 0 Å².